The predicted octanol–water partition coefficient (Wildman–Crippen LogP) is 5.21. The highest BCUT2D eigenvalue weighted by molar-refractivity contribution is 7.10. The second-order valence-corrected chi connectivity index (χ2v) is 8.42. The number of carbonyl (C=O) groups is 1. The second kappa shape index (κ2) is 9.25. The lowest BCUT2D eigenvalue weighted by Gasteiger charge is -2.37. The van der Waals surface area contributed by atoms with Crippen LogP contribution in [0.4, 0.5) is 0 Å². The Morgan fingerprint density at radius 1 is 1.14 bits per heavy atom. The zero-order valence-corrected chi connectivity index (χ0v) is 17.1. The molecule has 150 valence electrons. The third-order valence-electron chi connectivity index (χ3n) is 5.40. The fourth-order valence-electron chi connectivity index (χ4n) is 3.96. The summed E-state index contributed by atoms with van der Waals surface area (Å²) in [4.78, 5) is 15.1. The van der Waals surface area contributed by atoms with E-state index in [9.17, 15) is 9.90 Å². The lowest BCUT2D eigenvalue weighted by molar-refractivity contribution is -0.143. The Morgan fingerprint density at radius 2 is 2.00 bits per heavy atom. The maximum atomic E-state index is 11.6. The largest absolute Gasteiger partial charge is 0.489 e. The van der Waals surface area contributed by atoms with Crippen LogP contribution in [0.3, 0.4) is 0 Å². The maximum absolute atomic E-state index is 11.6. The number of likely N-dealkylation sites (tertiary alicyclic amines) is 1. The van der Waals surface area contributed by atoms with Crippen molar-refractivity contribution in [1.82, 2.24) is 4.90 Å². The Kier molecular flexibility index (Phi) is 6.27. The van der Waals surface area contributed by atoms with E-state index in [1.165, 1.54) is 4.88 Å². The van der Waals surface area contributed by atoms with Gasteiger partial charge in [0.1, 0.15) is 12.4 Å². The molecule has 4 rings (SSSR count). The molecule has 0 bridgehead atoms. The number of carboxylic acid groups (broad SMARTS) is 1. The van der Waals surface area contributed by atoms with E-state index in [2.05, 4.69) is 46.7 Å². The van der Waals surface area contributed by atoms with Crippen LogP contribution in [-0.2, 0) is 11.4 Å². The summed E-state index contributed by atoms with van der Waals surface area (Å²) in [6.45, 7) is 2.01. The molecule has 2 unspecified atom stereocenters. The van der Waals surface area contributed by atoms with Crippen molar-refractivity contribution in [2.45, 2.75) is 25.5 Å². The van der Waals surface area contributed by atoms with E-state index < -0.39 is 5.97 Å². The molecule has 1 fully saturated rings. The molecule has 2 heterocycles. The summed E-state index contributed by atoms with van der Waals surface area (Å²) in [7, 11) is 0. The molecule has 1 saturated heterocycles. The molecule has 4 nitrogen and oxygen atoms in total. The first-order valence-corrected chi connectivity index (χ1v) is 10.9. The number of rotatable bonds is 7. The first-order valence-electron chi connectivity index (χ1n) is 9.97. The molecule has 1 aliphatic heterocycles. The van der Waals surface area contributed by atoms with Gasteiger partial charge in [0.05, 0.1) is 12.0 Å². The lowest BCUT2D eigenvalue weighted by Crippen LogP contribution is -2.41. The van der Waals surface area contributed by atoms with Gasteiger partial charge in [0.2, 0.25) is 0 Å². The normalized spacial score (nSPS) is 18.3. The molecule has 0 amide bonds. The Bertz CT molecular complexity index is 926. The van der Waals surface area contributed by atoms with Crippen LogP contribution >= 0.6 is 11.3 Å². The topological polar surface area (TPSA) is 49.8 Å². The van der Waals surface area contributed by atoms with Gasteiger partial charge in [-0.2, -0.15) is 0 Å². The molecule has 29 heavy (non-hydrogen) atoms. The van der Waals surface area contributed by atoms with Crippen molar-refractivity contribution < 1.29 is 14.6 Å². The zero-order chi connectivity index (χ0) is 20.1. The summed E-state index contributed by atoms with van der Waals surface area (Å²) >= 11 is 1.72. The minimum Gasteiger partial charge on any atom is -0.489 e. The van der Waals surface area contributed by atoms with Crippen molar-refractivity contribution in [2.75, 3.05) is 13.1 Å². The summed E-state index contributed by atoms with van der Waals surface area (Å²) in [5, 5.41) is 11.6. The maximum Gasteiger partial charge on any atom is 0.307 e. The molecule has 0 radical (unpaired) electrons. The Morgan fingerprint density at radius 3 is 2.76 bits per heavy atom. The van der Waals surface area contributed by atoms with Crippen molar-refractivity contribution in [3.63, 3.8) is 0 Å². The highest BCUT2D eigenvalue weighted by Crippen LogP contribution is 2.36. The fraction of sp³-hybridized carbons (Fsp3) is 0.292. The first-order chi connectivity index (χ1) is 14.2. The van der Waals surface area contributed by atoms with Gasteiger partial charge in [-0.1, -0.05) is 48.5 Å². The van der Waals surface area contributed by atoms with Crippen LogP contribution in [0.5, 0.6) is 5.75 Å². The number of carboxylic acids is 1. The van der Waals surface area contributed by atoms with Gasteiger partial charge in [-0.3, -0.25) is 9.69 Å². The van der Waals surface area contributed by atoms with Crippen molar-refractivity contribution in [3.8, 4) is 5.75 Å². The van der Waals surface area contributed by atoms with Gasteiger partial charge >= 0.3 is 5.97 Å². The van der Waals surface area contributed by atoms with Crippen LogP contribution in [0.15, 0.2) is 72.1 Å². The van der Waals surface area contributed by atoms with Crippen molar-refractivity contribution in [3.05, 3.63) is 88.1 Å². The quantitative estimate of drug-likeness (QED) is 0.584. The van der Waals surface area contributed by atoms with Crippen LogP contribution in [0.1, 0.15) is 34.9 Å². The number of ether oxygens (including phenoxy) is 1. The van der Waals surface area contributed by atoms with Gasteiger partial charge in [0.15, 0.2) is 0 Å². The molecular weight excluding hydrogens is 382 g/mol. The highest BCUT2D eigenvalue weighted by atomic mass is 32.1. The van der Waals surface area contributed by atoms with E-state index in [1.54, 1.807) is 11.3 Å². The van der Waals surface area contributed by atoms with Crippen LogP contribution in [-0.4, -0.2) is 29.1 Å². The number of piperidine rings is 1. The number of thiophene rings is 1. The van der Waals surface area contributed by atoms with E-state index in [1.807, 2.05) is 30.3 Å². The van der Waals surface area contributed by atoms with E-state index in [0.717, 1.165) is 36.3 Å². The monoisotopic (exact) mass is 407 g/mol. The van der Waals surface area contributed by atoms with Gasteiger partial charge in [0, 0.05) is 11.4 Å². The number of hydrogen-bond acceptors (Lipinski definition) is 4. The molecule has 2 atom stereocenters. The van der Waals surface area contributed by atoms with E-state index in [4.69, 9.17) is 4.74 Å². The summed E-state index contributed by atoms with van der Waals surface area (Å²) in [5.74, 6) is -0.164. The standard InChI is InChI=1S/C24H25NO3S/c26-24(27)20-10-5-13-25(16-20)23(22-12-6-14-29-22)19-9-4-11-21(15-19)28-17-18-7-2-1-3-8-18/h1-4,6-9,11-12,14-15,20,23H,5,10,13,16-17H2,(H,26,27). The fourth-order valence-corrected chi connectivity index (χ4v) is 4.85. The molecule has 2 aromatic carbocycles. The molecule has 1 N–H and O–H groups in total. The first kappa shape index (κ1) is 19.7. The molecule has 1 aromatic heterocycles. The van der Waals surface area contributed by atoms with Gasteiger partial charge in [-0.15, -0.1) is 11.3 Å². The predicted molar refractivity (Wildman–Crippen MR) is 115 cm³/mol. The lowest BCUT2D eigenvalue weighted by atomic mass is 9.94. The molecule has 0 spiro atoms. The second-order valence-electron chi connectivity index (χ2n) is 7.44. The Labute approximate surface area is 175 Å². The molecule has 3 aromatic rings. The van der Waals surface area contributed by atoms with Crippen LogP contribution < -0.4 is 4.74 Å². The molecule has 0 saturated carbocycles. The van der Waals surface area contributed by atoms with Gasteiger partial charge < -0.3 is 9.84 Å². The smallest absolute Gasteiger partial charge is 0.307 e. The van der Waals surface area contributed by atoms with Crippen LogP contribution in [0, 0.1) is 5.92 Å². The van der Waals surface area contributed by atoms with Crippen molar-refractivity contribution in [1.29, 1.82) is 0 Å². The zero-order valence-electron chi connectivity index (χ0n) is 16.2. The van der Waals surface area contributed by atoms with E-state index in [0.29, 0.717) is 13.2 Å². The van der Waals surface area contributed by atoms with Gasteiger partial charge in [-0.05, 0) is 54.1 Å². The minimum absolute atomic E-state index is 0.0532. The Balaban J connectivity index is 1.57. The number of hydrogen-bond donors (Lipinski definition) is 1. The summed E-state index contributed by atoms with van der Waals surface area (Å²) < 4.78 is 6.04. The van der Waals surface area contributed by atoms with Crippen molar-refractivity contribution >= 4 is 17.3 Å². The SMILES string of the molecule is O=C(O)C1CCCN(C(c2cccc(OCc3ccccc3)c2)c2cccs2)C1. The number of benzene rings is 2. The summed E-state index contributed by atoms with van der Waals surface area (Å²) in [6, 6.07) is 22.6. The third-order valence-corrected chi connectivity index (χ3v) is 6.33. The minimum atomic E-state index is -0.695. The molecule has 0 aliphatic carbocycles. The van der Waals surface area contributed by atoms with E-state index >= 15 is 0 Å². The van der Waals surface area contributed by atoms with Crippen molar-refractivity contribution in [2.24, 2.45) is 5.92 Å². The number of nitrogens with zero attached hydrogens (tertiary/aromatic N) is 1. The number of aliphatic carboxylic acids is 1. The van der Waals surface area contributed by atoms with Gasteiger partial charge in [0.25, 0.3) is 0 Å². The van der Waals surface area contributed by atoms with Crippen LogP contribution in [0.25, 0.3) is 0 Å². The third kappa shape index (κ3) is 4.86. The Hall–Kier alpha value is -2.63. The molecule has 5 heteroatoms. The summed E-state index contributed by atoms with van der Waals surface area (Å²) in [6.07, 6.45) is 1.66. The molecule has 1 aliphatic rings. The molecular formula is C24H25NO3S. The average Bonchev–Trinajstić information content (AvgIpc) is 3.28. The van der Waals surface area contributed by atoms with Crippen LogP contribution in [0.2, 0.25) is 0 Å². The summed E-state index contributed by atoms with van der Waals surface area (Å²) in [5.41, 5.74) is 2.28. The average molecular weight is 408 g/mol. The highest BCUT2D eigenvalue weighted by Gasteiger charge is 2.31. The van der Waals surface area contributed by atoms with E-state index in [-0.39, 0.29) is 12.0 Å². The van der Waals surface area contributed by atoms with Gasteiger partial charge in [-0.25, -0.2) is 0 Å².